The highest BCUT2D eigenvalue weighted by Crippen LogP contribution is 2.21. The van der Waals surface area contributed by atoms with Crippen LogP contribution in [0.4, 0.5) is 15.9 Å². The fraction of sp³-hybridized carbons (Fsp3) is 0.154. The van der Waals surface area contributed by atoms with E-state index in [4.69, 9.17) is 5.73 Å². The number of thioether (sulfide) groups is 1. The molecule has 0 fully saturated rings. The Morgan fingerprint density at radius 2 is 2.15 bits per heavy atom. The zero-order valence-electron chi connectivity index (χ0n) is 10.8. The number of nitrogens with zero attached hydrogens (tertiary/aromatic N) is 2. The molecule has 7 heteroatoms. The molecule has 3 N–H and O–H groups in total. The number of aryl methyl sites for hydroxylation is 1. The minimum absolute atomic E-state index is 0.124. The summed E-state index contributed by atoms with van der Waals surface area (Å²) in [6, 6.07) is 4.24. The second-order valence-electron chi connectivity index (χ2n) is 4.04. The quantitative estimate of drug-likeness (QED) is 0.845. The largest absolute Gasteiger partial charge is 0.381 e. The highest BCUT2D eigenvalue weighted by molar-refractivity contribution is 8.00. The van der Waals surface area contributed by atoms with Gasteiger partial charge in [-0.2, -0.15) is 0 Å². The number of carbonyl (C=O) groups is 1. The summed E-state index contributed by atoms with van der Waals surface area (Å²) in [5.74, 6) is -0.239. The SMILES string of the molecule is Cc1ccc(F)cc1NC(=O)CSc1nccnc1N. The smallest absolute Gasteiger partial charge is 0.234 e. The van der Waals surface area contributed by atoms with Crippen LogP contribution in [-0.2, 0) is 4.79 Å². The van der Waals surface area contributed by atoms with Gasteiger partial charge in [-0.25, -0.2) is 14.4 Å². The lowest BCUT2D eigenvalue weighted by Crippen LogP contribution is -2.15. The van der Waals surface area contributed by atoms with Crippen LogP contribution in [0.3, 0.4) is 0 Å². The Bertz CT molecular complexity index is 636. The number of nitrogens with two attached hydrogens (primary N) is 1. The van der Waals surface area contributed by atoms with Crippen molar-refractivity contribution in [1.82, 2.24) is 9.97 Å². The van der Waals surface area contributed by atoms with E-state index in [-0.39, 0.29) is 17.5 Å². The lowest BCUT2D eigenvalue weighted by atomic mass is 10.2. The molecule has 104 valence electrons. The van der Waals surface area contributed by atoms with Crippen LogP contribution in [0.5, 0.6) is 0 Å². The molecule has 1 aromatic carbocycles. The molecule has 20 heavy (non-hydrogen) atoms. The number of carbonyl (C=O) groups excluding carboxylic acids is 1. The van der Waals surface area contributed by atoms with Crippen LogP contribution >= 0.6 is 11.8 Å². The normalized spacial score (nSPS) is 10.3. The summed E-state index contributed by atoms with van der Waals surface area (Å²) >= 11 is 1.18. The minimum atomic E-state index is -0.392. The molecular weight excluding hydrogens is 279 g/mol. The fourth-order valence-corrected chi connectivity index (χ4v) is 2.17. The predicted octanol–water partition coefficient (Wildman–Crippen LogP) is 2.24. The predicted molar refractivity (Wildman–Crippen MR) is 76.9 cm³/mol. The van der Waals surface area contributed by atoms with Gasteiger partial charge in [0.25, 0.3) is 0 Å². The second-order valence-corrected chi connectivity index (χ2v) is 5.01. The maximum Gasteiger partial charge on any atom is 0.234 e. The van der Waals surface area contributed by atoms with E-state index in [0.717, 1.165) is 5.56 Å². The maximum absolute atomic E-state index is 13.1. The Balaban J connectivity index is 1.96. The topological polar surface area (TPSA) is 80.9 Å². The number of rotatable bonds is 4. The Morgan fingerprint density at radius 1 is 1.40 bits per heavy atom. The van der Waals surface area contributed by atoms with Crippen molar-refractivity contribution in [2.24, 2.45) is 0 Å². The van der Waals surface area contributed by atoms with Crippen molar-refractivity contribution in [3.05, 3.63) is 42.0 Å². The third-order valence-corrected chi connectivity index (χ3v) is 3.50. The molecule has 0 bridgehead atoms. The molecule has 1 heterocycles. The summed E-state index contributed by atoms with van der Waals surface area (Å²) in [6.45, 7) is 1.79. The number of hydrogen-bond acceptors (Lipinski definition) is 5. The summed E-state index contributed by atoms with van der Waals surface area (Å²) in [5, 5.41) is 3.15. The number of anilines is 2. The zero-order chi connectivity index (χ0) is 14.5. The molecular formula is C13H13FN4OS. The first-order valence-electron chi connectivity index (χ1n) is 5.81. The monoisotopic (exact) mass is 292 g/mol. The van der Waals surface area contributed by atoms with E-state index >= 15 is 0 Å². The van der Waals surface area contributed by atoms with Gasteiger partial charge >= 0.3 is 0 Å². The Hall–Kier alpha value is -2.15. The molecule has 0 radical (unpaired) electrons. The molecule has 1 aromatic heterocycles. The number of nitrogens with one attached hydrogen (secondary N) is 1. The maximum atomic E-state index is 13.1. The second kappa shape index (κ2) is 6.33. The number of hydrogen-bond donors (Lipinski definition) is 2. The summed E-state index contributed by atoms with van der Waals surface area (Å²) in [7, 11) is 0. The van der Waals surface area contributed by atoms with Crippen molar-refractivity contribution in [2.45, 2.75) is 11.9 Å². The number of amides is 1. The lowest BCUT2D eigenvalue weighted by Gasteiger charge is -2.08. The van der Waals surface area contributed by atoms with Gasteiger partial charge < -0.3 is 11.1 Å². The average molecular weight is 292 g/mol. The Kier molecular flexibility index (Phi) is 4.52. The van der Waals surface area contributed by atoms with Crippen LogP contribution in [0.25, 0.3) is 0 Å². The van der Waals surface area contributed by atoms with Gasteiger partial charge in [0.15, 0.2) is 5.82 Å². The van der Waals surface area contributed by atoms with Crippen LogP contribution in [0.15, 0.2) is 35.6 Å². The summed E-state index contributed by atoms with van der Waals surface area (Å²) in [4.78, 5) is 19.7. The minimum Gasteiger partial charge on any atom is -0.381 e. The third kappa shape index (κ3) is 3.67. The molecule has 0 aliphatic carbocycles. The van der Waals surface area contributed by atoms with E-state index in [1.807, 2.05) is 0 Å². The zero-order valence-corrected chi connectivity index (χ0v) is 11.6. The first kappa shape index (κ1) is 14.3. The molecule has 0 aliphatic heterocycles. The number of halogens is 1. The van der Waals surface area contributed by atoms with Crippen molar-refractivity contribution in [3.63, 3.8) is 0 Å². The molecule has 0 aliphatic rings. The summed E-state index contributed by atoms with van der Waals surface area (Å²) in [5.41, 5.74) is 6.88. The van der Waals surface area contributed by atoms with Gasteiger partial charge in [0.1, 0.15) is 10.8 Å². The van der Waals surface area contributed by atoms with Crippen molar-refractivity contribution >= 4 is 29.2 Å². The molecule has 0 atom stereocenters. The average Bonchev–Trinajstić information content (AvgIpc) is 2.42. The van der Waals surface area contributed by atoms with E-state index < -0.39 is 5.82 Å². The van der Waals surface area contributed by atoms with Gasteiger partial charge in [0, 0.05) is 18.1 Å². The van der Waals surface area contributed by atoms with Crippen molar-refractivity contribution < 1.29 is 9.18 Å². The van der Waals surface area contributed by atoms with Crippen LogP contribution in [0, 0.1) is 12.7 Å². The highest BCUT2D eigenvalue weighted by Gasteiger charge is 2.09. The van der Waals surface area contributed by atoms with E-state index in [1.165, 1.54) is 36.3 Å². The third-order valence-electron chi connectivity index (χ3n) is 2.50. The Labute approximate surface area is 119 Å². The van der Waals surface area contributed by atoms with Crippen LogP contribution < -0.4 is 11.1 Å². The van der Waals surface area contributed by atoms with Gasteiger partial charge in [-0.1, -0.05) is 17.8 Å². The number of benzene rings is 1. The first-order valence-corrected chi connectivity index (χ1v) is 6.80. The molecule has 0 spiro atoms. The van der Waals surface area contributed by atoms with Crippen molar-refractivity contribution in [2.75, 3.05) is 16.8 Å². The van der Waals surface area contributed by atoms with E-state index in [2.05, 4.69) is 15.3 Å². The number of aromatic nitrogens is 2. The molecule has 5 nitrogen and oxygen atoms in total. The first-order chi connectivity index (χ1) is 9.56. The van der Waals surface area contributed by atoms with Crippen LogP contribution in [-0.4, -0.2) is 21.6 Å². The molecule has 2 aromatic rings. The van der Waals surface area contributed by atoms with Crippen LogP contribution in [0.2, 0.25) is 0 Å². The lowest BCUT2D eigenvalue weighted by molar-refractivity contribution is -0.113. The van der Waals surface area contributed by atoms with E-state index in [1.54, 1.807) is 13.0 Å². The van der Waals surface area contributed by atoms with Crippen molar-refractivity contribution in [1.29, 1.82) is 0 Å². The van der Waals surface area contributed by atoms with Crippen molar-refractivity contribution in [3.8, 4) is 0 Å². The van der Waals surface area contributed by atoms with Gasteiger partial charge in [-0.3, -0.25) is 4.79 Å². The number of nitrogen functional groups attached to an aromatic ring is 1. The molecule has 0 saturated carbocycles. The van der Waals surface area contributed by atoms with Gasteiger partial charge in [-0.15, -0.1) is 0 Å². The highest BCUT2D eigenvalue weighted by atomic mass is 32.2. The summed E-state index contributed by atoms with van der Waals surface area (Å²) in [6.07, 6.45) is 2.99. The van der Waals surface area contributed by atoms with Gasteiger partial charge in [-0.05, 0) is 24.6 Å². The molecule has 2 rings (SSSR count). The van der Waals surface area contributed by atoms with Crippen LogP contribution in [0.1, 0.15) is 5.56 Å². The standard InChI is InChI=1S/C13H13FN4OS/c1-8-2-3-9(14)6-10(8)18-11(19)7-20-13-12(15)16-4-5-17-13/h2-6H,7H2,1H3,(H2,15,16)(H,18,19). The molecule has 0 saturated heterocycles. The Morgan fingerprint density at radius 3 is 2.90 bits per heavy atom. The van der Waals surface area contributed by atoms with Gasteiger partial charge in [0.2, 0.25) is 5.91 Å². The van der Waals surface area contributed by atoms with E-state index in [0.29, 0.717) is 10.7 Å². The van der Waals surface area contributed by atoms with Gasteiger partial charge in [0.05, 0.1) is 5.75 Å². The summed E-state index contributed by atoms with van der Waals surface area (Å²) < 4.78 is 13.1. The molecule has 1 amide bonds. The molecule has 0 unspecified atom stereocenters. The fourth-order valence-electron chi connectivity index (χ4n) is 1.50. The van der Waals surface area contributed by atoms with E-state index in [9.17, 15) is 9.18 Å².